The van der Waals surface area contributed by atoms with Gasteiger partial charge >= 0.3 is 0 Å². The molecule has 1 fully saturated rings. The number of ether oxygens (including phenoxy) is 2. The van der Waals surface area contributed by atoms with E-state index >= 15 is 0 Å². The fraction of sp³-hybridized carbons (Fsp3) is 0.429. The summed E-state index contributed by atoms with van der Waals surface area (Å²) in [5.74, 6) is 1.96. The van der Waals surface area contributed by atoms with Gasteiger partial charge in [0, 0.05) is 32.7 Å². The van der Waals surface area contributed by atoms with Crippen LogP contribution in [0.4, 0.5) is 5.69 Å². The normalized spacial score (nSPS) is 14.7. The van der Waals surface area contributed by atoms with Crippen LogP contribution in [0.3, 0.4) is 0 Å². The largest absolute Gasteiger partial charge is 0.495 e. The third kappa shape index (κ3) is 4.83. The Labute approximate surface area is 163 Å². The monoisotopic (exact) mass is 376 g/mol. The number of piperazine rings is 1. The zero-order valence-corrected chi connectivity index (χ0v) is 16.7. The number of rotatable bonds is 6. The second-order valence-corrected chi connectivity index (χ2v) is 6.55. The minimum Gasteiger partial charge on any atom is -0.495 e. The van der Waals surface area contributed by atoms with Gasteiger partial charge in [0.1, 0.15) is 18.1 Å². The van der Waals surface area contributed by atoms with Crippen molar-refractivity contribution in [3.05, 3.63) is 53.6 Å². The van der Waals surface area contributed by atoms with Crippen molar-refractivity contribution >= 4 is 18.1 Å². The van der Waals surface area contributed by atoms with Crippen molar-refractivity contribution in [2.24, 2.45) is 0 Å². The number of methoxy groups -OCH3 is 1. The SMILES string of the molecule is COc1ccccc1N1CCN(CCOc2cccc(C)c2C)CC1.Cl. The second-order valence-electron chi connectivity index (χ2n) is 6.55. The quantitative estimate of drug-likeness (QED) is 0.762. The summed E-state index contributed by atoms with van der Waals surface area (Å²) in [5, 5.41) is 0. The summed E-state index contributed by atoms with van der Waals surface area (Å²) in [6.45, 7) is 10.1. The summed E-state index contributed by atoms with van der Waals surface area (Å²) in [5.41, 5.74) is 3.71. The van der Waals surface area contributed by atoms with E-state index in [9.17, 15) is 0 Å². The van der Waals surface area contributed by atoms with Crippen LogP contribution in [-0.2, 0) is 0 Å². The lowest BCUT2D eigenvalue weighted by Gasteiger charge is -2.36. The topological polar surface area (TPSA) is 24.9 Å². The molecule has 0 N–H and O–H groups in total. The first kappa shape index (κ1) is 20.4. The highest BCUT2D eigenvalue weighted by Gasteiger charge is 2.19. The second kappa shape index (κ2) is 9.70. The molecule has 0 saturated carbocycles. The summed E-state index contributed by atoms with van der Waals surface area (Å²) in [7, 11) is 1.74. The van der Waals surface area contributed by atoms with E-state index in [0.717, 1.165) is 50.8 Å². The van der Waals surface area contributed by atoms with Crippen LogP contribution >= 0.6 is 12.4 Å². The third-order valence-corrected chi connectivity index (χ3v) is 5.02. The van der Waals surface area contributed by atoms with Crippen molar-refractivity contribution in [1.82, 2.24) is 4.90 Å². The molecule has 0 aliphatic carbocycles. The van der Waals surface area contributed by atoms with Crippen LogP contribution < -0.4 is 14.4 Å². The van der Waals surface area contributed by atoms with Crippen molar-refractivity contribution in [2.75, 3.05) is 51.3 Å². The van der Waals surface area contributed by atoms with Gasteiger partial charge in [0.25, 0.3) is 0 Å². The van der Waals surface area contributed by atoms with Crippen molar-refractivity contribution in [1.29, 1.82) is 0 Å². The molecular weight excluding hydrogens is 348 g/mol. The Morgan fingerprint density at radius 2 is 1.58 bits per heavy atom. The standard InChI is InChI=1S/C21H28N2O2.ClH/c1-17-7-6-10-20(18(17)2)25-16-15-22-11-13-23(14-12-22)19-8-4-5-9-21(19)24-3;/h4-10H,11-16H2,1-3H3;1H. The number of nitrogens with zero attached hydrogens (tertiary/aromatic N) is 2. The molecule has 142 valence electrons. The number of aryl methyl sites for hydroxylation is 1. The maximum Gasteiger partial charge on any atom is 0.142 e. The van der Waals surface area contributed by atoms with Crippen LogP contribution in [0.2, 0.25) is 0 Å². The molecule has 1 heterocycles. The molecule has 0 spiro atoms. The molecule has 2 aromatic rings. The van der Waals surface area contributed by atoms with E-state index in [4.69, 9.17) is 9.47 Å². The summed E-state index contributed by atoms with van der Waals surface area (Å²) in [6.07, 6.45) is 0. The maximum atomic E-state index is 5.99. The van der Waals surface area contributed by atoms with Gasteiger partial charge in [-0.15, -0.1) is 12.4 Å². The van der Waals surface area contributed by atoms with Crippen molar-refractivity contribution in [3.8, 4) is 11.5 Å². The average Bonchev–Trinajstić information content (AvgIpc) is 2.66. The molecule has 0 bridgehead atoms. The predicted molar refractivity (Wildman–Crippen MR) is 110 cm³/mol. The first-order valence-corrected chi connectivity index (χ1v) is 8.98. The predicted octanol–water partition coefficient (Wildman–Crippen LogP) is 3.93. The molecule has 1 saturated heterocycles. The van der Waals surface area contributed by atoms with Crippen molar-refractivity contribution in [3.63, 3.8) is 0 Å². The minimum absolute atomic E-state index is 0. The number of hydrogen-bond acceptors (Lipinski definition) is 4. The lowest BCUT2D eigenvalue weighted by molar-refractivity contribution is 0.199. The Morgan fingerprint density at radius 3 is 2.31 bits per heavy atom. The summed E-state index contributed by atoms with van der Waals surface area (Å²) >= 11 is 0. The number of anilines is 1. The smallest absolute Gasteiger partial charge is 0.142 e. The van der Waals surface area contributed by atoms with E-state index in [2.05, 4.69) is 54.0 Å². The number of hydrogen-bond donors (Lipinski definition) is 0. The van der Waals surface area contributed by atoms with Crippen LogP contribution in [0.5, 0.6) is 11.5 Å². The first-order valence-electron chi connectivity index (χ1n) is 8.98. The molecule has 0 amide bonds. The summed E-state index contributed by atoms with van der Waals surface area (Å²) in [4.78, 5) is 4.87. The number of para-hydroxylation sites is 2. The molecule has 5 heteroatoms. The Balaban J connectivity index is 0.00000243. The molecule has 0 atom stereocenters. The summed E-state index contributed by atoms with van der Waals surface area (Å²) in [6, 6.07) is 14.5. The molecule has 0 radical (unpaired) electrons. The Kier molecular flexibility index (Phi) is 7.61. The van der Waals surface area contributed by atoms with Gasteiger partial charge in [0.05, 0.1) is 12.8 Å². The molecule has 3 rings (SSSR count). The highest BCUT2D eigenvalue weighted by molar-refractivity contribution is 5.85. The Bertz CT molecular complexity index is 700. The lowest BCUT2D eigenvalue weighted by atomic mass is 10.1. The number of benzene rings is 2. The molecule has 0 aromatic heterocycles. The van der Waals surface area contributed by atoms with Crippen molar-refractivity contribution in [2.45, 2.75) is 13.8 Å². The lowest BCUT2D eigenvalue weighted by Crippen LogP contribution is -2.47. The van der Waals surface area contributed by atoms with Gasteiger partial charge in [0.15, 0.2) is 0 Å². The van der Waals surface area contributed by atoms with E-state index in [1.807, 2.05) is 12.1 Å². The highest BCUT2D eigenvalue weighted by atomic mass is 35.5. The zero-order valence-electron chi connectivity index (χ0n) is 15.9. The van der Waals surface area contributed by atoms with Gasteiger partial charge in [-0.25, -0.2) is 0 Å². The first-order chi connectivity index (χ1) is 12.2. The average molecular weight is 377 g/mol. The highest BCUT2D eigenvalue weighted by Crippen LogP contribution is 2.28. The number of halogens is 1. The summed E-state index contributed by atoms with van der Waals surface area (Å²) < 4.78 is 11.5. The molecule has 26 heavy (non-hydrogen) atoms. The van der Waals surface area contributed by atoms with E-state index < -0.39 is 0 Å². The van der Waals surface area contributed by atoms with Gasteiger partial charge < -0.3 is 14.4 Å². The van der Waals surface area contributed by atoms with Gasteiger partial charge in [-0.2, -0.15) is 0 Å². The van der Waals surface area contributed by atoms with Crippen LogP contribution in [0.25, 0.3) is 0 Å². The van der Waals surface area contributed by atoms with Crippen molar-refractivity contribution < 1.29 is 9.47 Å². The molecule has 2 aromatic carbocycles. The molecule has 4 nitrogen and oxygen atoms in total. The van der Waals surface area contributed by atoms with Crippen LogP contribution in [0, 0.1) is 13.8 Å². The van der Waals surface area contributed by atoms with Gasteiger partial charge in [-0.05, 0) is 43.2 Å². The van der Waals surface area contributed by atoms with Crippen LogP contribution in [0.1, 0.15) is 11.1 Å². The Hall–Kier alpha value is -1.91. The van der Waals surface area contributed by atoms with E-state index in [-0.39, 0.29) is 12.4 Å². The van der Waals surface area contributed by atoms with E-state index in [1.54, 1.807) is 7.11 Å². The van der Waals surface area contributed by atoms with Crippen LogP contribution in [-0.4, -0.2) is 51.3 Å². The zero-order chi connectivity index (χ0) is 17.6. The van der Waals surface area contributed by atoms with Gasteiger partial charge in [-0.1, -0.05) is 24.3 Å². The fourth-order valence-electron chi connectivity index (χ4n) is 3.27. The van der Waals surface area contributed by atoms with Gasteiger partial charge in [0.2, 0.25) is 0 Å². The molecule has 0 unspecified atom stereocenters. The molecule has 1 aliphatic rings. The minimum atomic E-state index is 0. The van der Waals surface area contributed by atoms with E-state index in [1.165, 1.54) is 16.8 Å². The molecule has 1 aliphatic heterocycles. The van der Waals surface area contributed by atoms with Gasteiger partial charge in [-0.3, -0.25) is 4.90 Å². The van der Waals surface area contributed by atoms with E-state index in [0.29, 0.717) is 0 Å². The van der Waals surface area contributed by atoms with Crippen LogP contribution in [0.15, 0.2) is 42.5 Å². The maximum absolute atomic E-state index is 5.99. The fourth-order valence-corrected chi connectivity index (χ4v) is 3.27. The Morgan fingerprint density at radius 1 is 0.885 bits per heavy atom. The third-order valence-electron chi connectivity index (χ3n) is 5.02. The molecular formula is C21H29ClN2O2.